The molecule has 16 heavy (non-hydrogen) atoms. The van der Waals surface area contributed by atoms with E-state index in [9.17, 15) is 0 Å². The Balaban J connectivity index is 2.07. The van der Waals surface area contributed by atoms with E-state index < -0.39 is 0 Å². The van der Waals surface area contributed by atoms with Gasteiger partial charge in [0.1, 0.15) is 4.60 Å². The van der Waals surface area contributed by atoms with E-state index in [1.165, 1.54) is 4.88 Å². The van der Waals surface area contributed by atoms with Crippen LogP contribution in [-0.4, -0.2) is 4.98 Å². The second-order valence-electron chi connectivity index (χ2n) is 3.38. The van der Waals surface area contributed by atoms with Gasteiger partial charge in [-0.1, -0.05) is 0 Å². The lowest BCUT2D eigenvalue weighted by atomic mass is 10.2. The van der Waals surface area contributed by atoms with Gasteiger partial charge >= 0.3 is 0 Å². The first-order chi connectivity index (χ1) is 7.65. The first-order valence-corrected chi connectivity index (χ1v) is 7.19. The van der Waals surface area contributed by atoms with Crippen molar-refractivity contribution >= 4 is 48.9 Å². The Morgan fingerprint density at radius 3 is 2.62 bits per heavy atom. The summed E-state index contributed by atoms with van der Waals surface area (Å²) < 4.78 is 2.01. The van der Waals surface area contributed by atoms with Crippen molar-refractivity contribution in [2.75, 3.05) is 5.32 Å². The molecule has 2 rings (SSSR count). The standard InChI is InChI=1S/C11H10Br2N2S/c1-7(9-3-5-11(13)16-9)15-8-2-4-10(12)14-6-8/h2-7,15H,1H3. The molecule has 0 aliphatic rings. The van der Waals surface area contributed by atoms with Gasteiger partial charge in [0.2, 0.25) is 0 Å². The molecule has 0 aromatic carbocycles. The van der Waals surface area contributed by atoms with Crippen LogP contribution in [0.2, 0.25) is 0 Å². The minimum absolute atomic E-state index is 0.291. The maximum Gasteiger partial charge on any atom is 0.106 e. The average molecular weight is 362 g/mol. The third-order valence-electron chi connectivity index (χ3n) is 2.13. The van der Waals surface area contributed by atoms with E-state index in [0.29, 0.717) is 6.04 Å². The summed E-state index contributed by atoms with van der Waals surface area (Å²) in [7, 11) is 0. The minimum Gasteiger partial charge on any atom is -0.376 e. The summed E-state index contributed by atoms with van der Waals surface area (Å²) in [4.78, 5) is 5.48. The molecule has 0 aliphatic carbocycles. The predicted molar refractivity (Wildman–Crippen MR) is 76.0 cm³/mol. The molecule has 0 fully saturated rings. The monoisotopic (exact) mass is 360 g/mol. The van der Waals surface area contributed by atoms with E-state index >= 15 is 0 Å². The third kappa shape index (κ3) is 3.06. The van der Waals surface area contributed by atoms with Gasteiger partial charge in [-0.25, -0.2) is 4.98 Å². The van der Waals surface area contributed by atoms with Crippen LogP contribution in [0.4, 0.5) is 5.69 Å². The van der Waals surface area contributed by atoms with Crippen molar-refractivity contribution in [3.8, 4) is 0 Å². The van der Waals surface area contributed by atoms with E-state index in [1.807, 2.05) is 18.3 Å². The van der Waals surface area contributed by atoms with E-state index in [2.05, 4.69) is 61.2 Å². The van der Waals surface area contributed by atoms with Crippen LogP contribution >= 0.6 is 43.2 Å². The highest BCUT2D eigenvalue weighted by atomic mass is 79.9. The van der Waals surface area contributed by atoms with Crippen LogP contribution < -0.4 is 5.32 Å². The van der Waals surface area contributed by atoms with E-state index in [-0.39, 0.29) is 0 Å². The van der Waals surface area contributed by atoms with Gasteiger partial charge in [-0.2, -0.15) is 0 Å². The Hall–Kier alpha value is -0.390. The molecule has 0 radical (unpaired) electrons. The Kier molecular flexibility index (Phi) is 4.00. The van der Waals surface area contributed by atoms with E-state index in [0.717, 1.165) is 14.1 Å². The fraction of sp³-hybridized carbons (Fsp3) is 0.182. The fourth-order valence-corrected chi connectivity index (χ4v) is 3.00. The maximum atomic E-state index is 4.18. The summed E-state index contributed by atoms with van der Waals surface area (Å²) in [5, 5.41) is 3.40. The Bertz CT molecular complexity index is 467. The molecule has 1 N–H and O–H groups in total. The number of hydrogen-bond acceptors (Lipinski definition) is 3. The smallest absolute Gasteiger partial charge is 0.106 e. The number of nitrogens with zero attached hydrogens (tertiary/aromatic N) is 1. The number of hydrogen-bond donors (Lipinski definition) is 1. The quantitative estimate of drug-likeness (QED) is 0.791. The lowest BCUT2D eigenvalue weighted by Crippen LogP contribution is -2.04. The number of thiophene rings is 1. The molecule has 2 nitrogen and oxygen atoms in total. The summed E-state index contributed by atoms with van der Waals surface area (Å²) in [5.74, 6) is 0. The fourth-order valence-electron chi connectivity index (χ4n) is 1.34. The molecule has 84 valence electrons. The summed E-state index contributed by atoms with van der Waals surface area (Å²) in [6, 6.07) is 8.42. The SMILES string of the molecule is CC(Nc1ccc(Br)nc1)c1ccc(Br)s1. The normalized spacial score (nSPS) is 12.4. The molecule has 0 bridgehead atoms. The number of anilines is 1. The van der Waals surface area contributed by atoms with E-state index in [4.69, 9.17) is 0 Å². The molecule has 2 heterocycles. The molecular formula is C11H10Br2N2S. The summed E-state index contributed by atoms with van der Waals surface area (Å²) in [6.45, 7) is 2.14. The lowest BCUT2D eigenvalue weighted by Gasteiger charge is -2.13. The van der Waals surface area contributed by atoms with Crippen LogP contribution in [-0.2, 0) is 0 Å². The highest BCUT2D eigenvalue weighted by molar-refractivity contribution is 9.11. The van der Waals surface area contributed by atoms with Crippen LogP contribution in [0.5, 0.6) is 0 Å². The highest BCUT2D eigenvalue weighted by Gasteiger charge is 2.07. The number of pyridine rings is 1. The molecule has 2 aromatic heterocycles. The van der Waals surface area contributed by atoms with Gasteiger partial charge in [0.15, 0.2) is 0 Å². The minimum atomic E-state index is 0.291. The van der Waals surface area contributed by atoms with Gasteiger partial charge in [0, 0.05) is 4.88 Å². The summed E-state index contributed by atoms with van der Waals surface area (Å²) in [5.41, 5.74) is 1.03. The van der Waals surface area contributed by atoms with Crippen molar-refractivity contribution in [3.63, 3.8) is 0 Å². The van der Waals surface area contributed by atoms with Crippen LogP contribution in [0.1, 0.15) is 17.8 Å². The molecular weight excluding hydrogens is 352 g/mol. The summed E-state index contributed by atoms with van der Waals surface area (Å²) in [6.07, 6.45) is 1.82. The number of aromatic nitrogens is 1. The molecule has 5 heteroatoms. The molecule has 2 aromatic rings. The first-order valence-electron chi connectivity index (χ1n) is 4.78. The molecule has 1 atom stereocenters. The topological polar surface area (TPSA) is 24.9 Å². The average Bonchev–Trinajstić information content (AvgIpc) is 2.68. The lowest BCUT2D eigenvalue weighted by molar-refractivity contribution is 0.905. The molecule has 0 saturated heterocycles. The highest BCUT2D eigenvalue weighted by Crippen LogP contribution is 2.29. The van der Waals surface area contributed by atoms with E-state index in [1.54, 1.807) is 11.3 Å². The van der Waals surface area contributed by atoms with Crippen LogP contribution in [0, 0.1) is 0 Å². The zero-order valence-electron chi connectivity index (χ0n) is 8.58. The van der Waals surface area contributed by atoms with Crippen molar-refractivity contribution in [2.45, 2.75) is 13.0 Å². The van der Waals surface area contributed by atoms with Gasteiger partial charge in [0.05, 0.1) is 21.7 Å². The first kappa shape index (κ1) is 12.1. The largest absolute Gasteiger partial charge is 0.376 e. The van der Waals surface area contributed by atoms with Crippen LogP contribution in [0.15, 0.2) is 38.9 Å². The Morgan fingerprint density at radius 2 is 2.06 bits per heavy atom. The Morgan fingerprint density at radius 1 is 1.25 bits per heavy atom. The molecule has 1 unspecified atom stereocenters. The van der Waals surface area contributed by atoms with Crippen molar-refractivity contribution in [3.05, 3.63) is 43.7 Å². The molecule has 0 spiro atoms. The van der Waals surface area contributed by atoms with Crippen molar-refractivity contribution in [1.82, 2.24) is 4.98 Å². The van der Waals surface area contributed by atoms with Crippen molar-refractivity contribution in [2.24, 2.45) is 0 Å². The predicted octanol–water partition coefficient (Wildman–Crippen LogP) is 4.84. The molecule has 0 saturated carbocycles. The number of halogens is 2. The van der Waals surface area contributed by atoms with Gasteiger partial charge in [-0.3, -0.25) is 0 Å². The zero-order chi connectivity index (χ0) is 11.5. The second-order valence-corrected chi connectivity index (χ2v) is 6.68. The van der Waals surface area contributed by atoms with Crippen LogP contribution in [0.3, 0.4) is 0 Å². The van der Waals surface area contributed by atoms with Gasteiger partial charge in [-0.15, -0.1) is 11.3 Å². The van der Waals surface area contributed by atoms with Gasteiger partial charge in [-0.05, 0) is 63.0 Å². The van der Waals surface area contributed by atoms with Crippen molar-refractivity contribution < 1.29 is 0 Å². The maximum absolute atomic E-state index is 4.18. The summed E-state index contributed by atoms with van der Waals surface area (Å²) >= 11 is 8.53. The molecule has 0 amide bonds. The van der Waals surface area contributed by atoms with Crippen molar-refractivity contribution in [1.29, 1.82) is 0 Å². The number of rotatable bonds is 3. The molecule has 0 aliphatic heterocycles. The second kappa shape index (κ2) is 5.29. The number of nitrogens with one attached hydrogen (secondary N) is 1. The van der Waals surface area contributed by atoms with Gasteiger partial charge < -0.3 is 5.32 Å². The van der Waals surface area contributed by atoms with Crippen LogP contribution in [0.25, 0.3) is 0 Å². The van der Waals surface area contributed by atoms with Gasteiger partial charge in [0.25, 0.3) is 0 Å². The Labute approximate surface area is 115 Å². The third-order valence-corrected chi connectivity index (χ3v) is 4.41. The zero-order valence-corrected chi connectivity index (χ0v) is 12.6.